The van der Waals surface area contributed by atoms with E-state index >= 15 is 4.39 Å². The third-order valence-electron chi connectivity index (χ3n) is 5.80. The number of esters is 1. The lowest BCUT2D eigenvalue weighted by molar-refractivity contribution is 0.0543. The van der Waals surface area contributed by atoms with Crippen LogP contribution in [0.2, 0.25) is 5.02 Å². The Morgan fingerprint density at radius 2 is 2.19 bits per heavy atom. The summed E-state index contributed by atoms with van der Waals surface area (Å²) in [6.07, 6.45) is 4.78. The van der Waals surface area contributed by atoms with Crippen molar-refractivity contribution in [3.8, 4) is 0 Å². The number of thiophene rings is 1. The minimum absolute atomic E-state index is 0.0588. The number of carbonyl (C=O) groups excluding carboxylic acids is 1. The minimum Gasteiger partial charge on any atom is -0.465 e. The summed E-state index contributed by atoms with van der Waals surface area (Å²) in [5.41, 5.74) is 2.46. The largest absolute Gasteiger partial charge is 0.465 e. The zero-order valence-electron chi connectivity index (χ0n) is 17.0. The molecule has 166 valence electrons. The lowest BCUT2D eigenvalue weighted by Crippen LogP contribution is -2.28. The van der Waals surface area contributed by atoms with E-state index in [1.54, 1.807) is 18.5 Å². The number of hydrogen-bond acceptors (Lipinski definition) is 6. The molecule has 0 radical (unpaired) electrons. The smallest absolute Gasteiger partial charge is 0.349 e. The van der Waals surface area contributed by atoms with Crippen molar-refractivity contribution in [1.82, 2.24) is 14.5 Å². The molecule has 32 heavy (non-hydrogen) atoms. The fraction of sp³-hybridized carbons (Fsp3) is 0.318. The SMILES string of the molecule is COC(=O)c1sc2c3ncc(Br)cc3n(C(c3ncccc3F)C3CCOCC3)c2c1Cl. The van der Waals surface area contributed by atoms with E-state index < -0.39 is 12.0 Å². The molecule has 1 atom stereocenters. The number of aromatic nitrogens is 3. The molecule has 0 aliphatic carbocycles. The molecule has 0 N–H and O–H groups in total. The molecule has 1 saturated heterocycles. The number of pyridine rings is 2. The zero-order valence-corrected chi connectivity index (χ0v) is 20.1. The van der Waals surface area contributed by atoms with Gasteiger partial charge in [-0.1, -0.05) is 11.6 Å². The number of nitrogens with zero attached hydrogens (tertiary/aromatic N) is 3. The summed E-state index contributed by atoms with van der Waals surface area (Å²) in [5, 5.41) is 0.277. The summed E-state index contributed by atoms with van der Waals surface area (Å²) >= 11 is 11.5. The van der Waals surface area contributed by atoms with Crippen molar-refractivity contribution in [2.24, 2.45) is 5.92 Å². The summed E-state index contributed by atoms with van der Waals surface area (Å²) in [7, 11) is 1.32. The van der Waals surface area contributed by atoms with Gasteiger partial charge in [0.25, 0.3) is 0 Å². The Kier molecular flexibility index (Phi) is 5.92. The quantitative estimate of drug-likeness (QED) is 0.298. The van der Waals surface area contributed by atoms with E-state index in [4.69, 9.17) is 21.1 Å². The Balaban J connectivity index is 1.87. The molecule has 1 unspecified atom stereocenters. The molecule has 0 spiro atoms. The van der Waals surface area contributed by atoms with Gasteiger partial charge in [-0.15, -0.1) is 11.3 Å². The first kappa shape index (κ1) is 21.8. The van der Waals surface area contributed by atoms with Crippen LogP contribution in [0.5, 0.6) is 0 Å². The highest BCUT2D eigenvalue weighted by atomic mass is 79.9. The highest BCUT2D eigenvalue weighted by Gasteiger charge is 2.35. The van der Waals surface area contributed by atoms with Crippen molar-refractivity contribution in [2.45, 2.75) is 18.9 Å². The van der Waals surface area contributed by atoms with Gasteiger partial charge in [-0.25, -0.2) is 9.18 Å². The van der Waals surface area contributed by atoms with Crippen LogP contribution in [-0.2, 0) is 9.47 Å². The highest BCUT2D eigenvalue weighted by Crippen LogP contribution is 2.46. The molecule has 0 saturated carbocycles. The summed E-state index contributed by atoms with van der Waals surface area (Å²) in [5.74, 6) is -0.843. The number of fused-ring (bicyclic) bond motifs is 3. The van der Waals surface area contributed by atoms with Gasteiger partial charge < -0.3 is 14.0 Å². The average molecular weight is 539 g/mol. The molecule has 6 nitrogen and oxygen atoms in total. The van der Waals surface area contributed by atoms with Gasteiger partial charge in [0.15, 0.2) is 0 Å². The van der Waals surface area contributed by atoms with Crippen molar-refractivity contribution in [1.29, 1.82) is 0 Å². The van der Waals surface area contributed by atoms with E-state index in [9.17, 15) is 4.79 Å². The van der Waals surface area contributed by atoms with E-state index in [0.717, 1.165) is 27.5 Å². The monoisotopic (exact) mass is 537 g/mol. The van der Waals surface area contributed by atoms with Crippen LogP contribution < -0.4 is 0 Å². The third-order valence-corrected chi connectivity index (χ3v) is 7.88. The van der Waals surface area contributed by atoms with Gasteiger partial charge in [0, 0.05) is 30.1 Å². The number of halogens is 3. The Morgan fingerprint density at radius 1 is 1.41 bits per heavy atom. The predicted octanol–water partition coefficient (Wildman–Crippen LogP) is 6.00. The lowest BCUT2D eigenvalue weighted by atomic mass is 9.88. The summed E-state index contributed by atoms with van der Waals surface area (Å²) in [6, 6.07) is 4.49. The second-order valence-corrected chi connectivity index (χ2v) is 9.89. The molecule has 4 aromatic rings. The topological polar surface area (TPSA) is 66.2 Å². The summed E-state index contributed by atoms with van der Waals surface area (Å²) < 4.78 is 29.2. The van der Waals surface area contributed by atoms with Crippen LogP contribution in [0.15, 0.2) is 35.1 Å². The molecule has 5 rings (SSSR count). The second-order valence-electron chi connectivity index (χ2n) is 7.57. The number of carbonyl (C=O) groups is 1. The van der Waals surface area contributed by atoms with Gasteiger partial charge >= 0.3 is 5.97 Å². The second kappa shape index (κ2) is 8.70. The maximum absolute atomic E-state index is 15.1. The maximum atomic E-state index is 15.1. The van der Waals surface area contributed by atoms with Gasteiger partial charge in [-0.05, 0) is 52.9 Å². The van der Waals surface area contributed by atoms with E-state index in [-0.39, 0.29) is 16.8 Å². The van der Waals surface area contributed by atoms with Crippen LogP contribution in [0, 0.1) is 11.7 Å². The van der Waals surface area contributed by atoms with Crippen molar-refractivity contribution in [3.05, 3.63) is 56.5 Å². The summed E-state index contributed by atoms with van der Waals surface area (Å²) in [6.45, 7) is 1.18. The fourth-order valence-electron chi connectivity index (χ4n) is 4.40. The first-order chi connectivity index (χ1) is 15.5. The Labute approximate surface area is 200 Å². The Bertz CT molecular complexity index is 1340. The standard InChI is InChI=1S/C22H18BrClFN3O3S/c1-30-22(29)20-15(24)19-21(32-20)17-14(9-12(23)10-27-17)28(19)18(11-4-7-31-8-5-11)16-13(25)3-2-6-26-16/h2-3,6,9-11,18H,4-5,7-8H2,1H3. The third kappa shape index (κ3) is 3.51. The molecule has 1 fully saturated rings. The van der Waals surface area contributed by atoms with Gasteiger partial charge in [0.1, 0.15) is 16.2 Å². The molecular formula is C22H18BrClFN3O3S. The van der Waals surface area contributed by atoms with Gasteiger partial charge in [0.05, 0.1) is 39.6 Å². The molecule has 0 bridgehead atoms. The van der Waals surface area contributed by atoms with E-state index in [2.05, 4.69) is 25.9 Å². The van der Waals surface area contributed by atoms with Crippen molar-refractivity contribution in [3.63, 3.8) is 0 Å². The van der Waals surface area contributed by atoms with Crippen LogP contribution in [0.1, 0.15) is 34.2 Å². The first-order valence-corrected chi connectivity index (χ1v) is 12.0. The van der Waals surface area contributed by atoms with Crippen LogP contribution in [0.4, 0.5) is 4.39 Å². The Morgan fingerprint density at radius 3 is 2.91 bits per heavy atom. The van der Waals surface area contributed by atoms with Gasteiger partial charge in [-0.2, -0.15) is 0 Å². The number of hydrogen-bond donors (Lipinski definition) is 0. The first-order valence-electron chi connectivity index (χ1n) is 10.0. The number of rotatable bonds is 4. The zero-order chi connectivity index (χ0) is 22.4. The molecular weight excluding hydrogens is 521 g/mol. The van der Waals surface area contributed by atoms with Gasteiger partial charge in [-0.3, -0.25) is 9.97 Å². The van der Waals surface area contributed by atoms with E-state index in [1.165, 1.54) is 24.5 Å². The molecule has 5 heterocycles. The highest BCUT2D eigenvalue weighted by molar-refractivity contribution is 9.10. The van der Waals surface area contributed by atoms with Gasteiger partial charge in [0.2, 0.25) is 0 Å². The number of ether oxygens (including phenoxy) is 2. The number of methoxy groups -OCH3 is 1. The average Bonchev–Trinajstić information content (AvgIpc) is 3.30. The predicted molar refractivity (Wildman–Crippen MR) is 125 cm³/mol. The molecule has 0 amide bonds. The molecule has 1 aliphatic rings. The van der Waals surface area contributed by atoms with Crippen LogP contribution in [-0.4, -0.2) is 40.8 Å². The minimum atomic E-state index is -0.514. The van der Waals surface area contributed by atoms with Crippen molar-refractivity contribution in [2.75, 3.05) is 20.3 Å². The normalized spacial score (nSPS) is 16.0. The van der Waals surface area contributed by atoms with Crippen LogP contribution >= 0.6 is 38.9 Å². The van der Waals surface area contributed by atoms with E-state index in [0.29, 0.717) is 34.8 Å². The van der Waals surface area contributed by atoms with E-state index in [1.807, 2.05) is 10.6 Å². The molecule has 4 aromatic heterocycles. The molecule has 1 aliphatic heterocycles. The van der Waals surface area contributed by atoms with Crippen molar-refractivity contribution >= 4 is 66.1 Å². The fourth-order valence-corrected chi connectivity index (χ4v) is 6.26. The maximum Gasteiger partial charge on any atom is 0.349 e. The van der Waals surface area contributed by atoms with Crippen LogP contribution in [0.25, 0.3) is 21.3 Å². The Hall–Kier alpha value is -2.07. The van der Waals surface area contributed by atoms with Crippen molar-refractivity contribution < 1.29 is 18.7 Å². The lowest BCUT2D eigenvalue weighted by Gasteiger charge is -2.32. The molecule has 10 heteroatoms. The molecule has 0 aromatic carbocycles. The van der Waals surface area contributed by atoms with Crippen LogP contribution in [0.3, 0.4) is 0 Å². The summed E-state index contributed by atoms with van der Waals surface area (Å²) in [4.78, 5) is 21.7.